The third kappa shape index (κ3) is 29.5. The third-order valence-electron chi connectivity index (χ3n) is 11.5. The first kappa shape index (κ1) is 69.7. The third-order valence-corrected chi connectivity index (χ3v) is 11.9. The van der Waals surface area contributed by atoms with Crippen LogP contribution in [0.3, 0.4) is 0 Å². The summed E-state index contributed by atoms with van der Waals surface area (Å²) in [7, 11) is -3.57. The van der Waals surface area contributed by atoms with Crippen LogP contribution in [0.5, 0.6) is 0 Å². The monoisotopic (exact) mass is 1150 g/mol. The summed E-state index contributed by atoms with van der Waals surface area (Å²) in [5.41, 5.74) is 39.0. The smallest absolute Gasteiger partial charge is 0.488 e. The second-order valence-corrected chi connectivity index (χ2v) is 18.8. The van der Waals surface area contributed by atoms with Gasteiger partial charge in [-0.05, 0) is 68.4 Å². The number of carboxylic acid groups (broad SMARTS) is 1. The van der Waals surface area contributed by atoms with Crippen molar-refractivity contribution in [2.24, 2.45) is 61.0 Å². The predicted octanol–water partition coefficient (Wildman–Crippen LogP) is -7.45. The molecule has 0 radical (unpaired) electrons. The highest BCUT2D eigenvalue weighted by atomic mass is 31.1. The van der Waals surface area contributed by atoms with Crippen molar-refractivity contribution in [3.63, 3.8) is 0 Å². The lowest BCUT2D eigenvalue weighted by atomic mass is 9.97. The summed E-state index contributed by atoms with van der Waals surface area (Å²) in [6.07, 6.45) is 0.949. The molecule has 0 bridgehead atoms. The number of aliphatic imine (C=N–C) groups is 3. The van der Waals surface area contributed by atoms with E-state index < -0.39 is 141 Å². The fraction of sp³-hybridized carbons (Fsp3) is 0.587. The summed E-state index contributed by atoms with van der Waals surface area (Å²) in [5.74, 6) is -10.7. The number of carbonyl (C=O) groups excluding carboxylic acids is 9. The number of aliphatic carboxylic acids is 1. The molecule has 0 aliphatic heterocycles. The molecular weight excluding hydrogens is 1070 g/mol. The molecule has 9 amide bonds. The van der Waals surface area contributed by atoms with Gasteiger partial charge >= 0.3 is 14.2 Å². The van der Waals surface area contributed by atoms with Gasteiger partial charge in [0.25, 0.3) is 0 Å². The number of carbonyl (C=O) groups is 10. The van der Waals surface area contributed by atoms with Gasteiger partial charge in [0.15, 0.2) is 17.9 Å². The molecule has 0 saturated carbocycles. The summed E-state index contributed by atoms with van der Waals surface area (Å²) in [4.78, 5) is 154. The predicted molar refractivity (Wildman–Crippen MR) is 289 cm³/mol. The second-order valence-electron chi connectivity index (χ2n) is 18.1. The van der Waals surface area contributed by atoms with E-state index >= 15 is 0 Å². The lowest BCUT2D eigenvalue weighted by molar-refractivity contribution is -0.186. The number of benzene rings is 1. The number of carboxylic acids is 1. The molecule has 0 heterocycles. The molecule has 0 aliphatic rings. The zero-order chi connectivity index (χ0) is 60.5. The van der Waals surface area contributed by atoms with Crippen LogP contribution in [0.15, 0.2) is 45.3 Å². The number of guanidine groups is 3. The van der Waals surface area contributed by atoms with Gasteiger partial charge in [0.1, 0.15) is 48.9 Å². The molecule has 80 heavy (non-hydrogen) atoms. The summed E-state index contributed by atoms with van der Waals surface area (Å²) in [6, 6.07) is -2.28. The van der Waals surface area contributed by atoms with E-state index in [0.717, 1.165) is 0 Å². The summed E-state index contributed by atoms with van der Waals surface area (Å²) < 4.78 is 16.0. The molecule has 1 rings (SSSR count). The minimum atomic E-state index is -3.57. The maximum absolute atomic E-state index is 13.7. The van der Waals surface area contributed by atoms with Crippen molar-refractivity contribution in [1.29, 1.82) is 0 Å². The molecule has 0 saturated heterocycles. The normalized spacial score (nSPS) is 14.3. The van der Waals surface area contributed by atoms with Crippen LogP contribution in [-0.2, 0) is 63.5 Å². The Morgan fingerprint density at radius 2 is 1.04 bits per heavy atom. The molecule has 1 aromatic rings. The first-order valence-corrected chi connectivity index (χ1v) is 26.4. The molecule has 0 spiro atoms. The molecule has 446 valence electrons. The van der Waals surface area contributed by atoms with E-state index in [1.54, 1.807) is 44.2 Å². The van der Waals surface area contributed by atoms with Crippen molar-refractivity contribution >= 4 is 85.3 Å². The van der Waals surface area contributed by atoms with Crippen LogP contribution in [0.2, 0.25) is 0 Å². The number of hydrogen-bond donors (Lipinski definition) is 17. The van der Waals surface area contributed by atoms with Crippen molar-refractivity contribution in [2.45, 2.75) is 127 Å². The zero-order valence-electron chi connectivity index (χ0n) is 45.1. The Morgan fingerprint density at radius 1 is 0.575 bits per heavy atom. The van der Waals surface area contributed by atoms with Crippen molar-refractivity contribution < 1.29 is 67.0 Å². The molecular formula is C46H78N19O14P. The lowest BCUT2D eigenvalue weighted by Crippen LogP contribution is -2.60. The van der Waals surface area contributed by atoms with Gasteiger partial charge in [-0.3, -0.25) is 58.1 Å². The first-order chi connectivity index (χ1) is 37.6. The maximum Gasteiger partial charge on any atom is 0.488 e. The molecule has 34 heteroatoms. The minimum absolute atomic E-state index is 0.0142. The van der Waals surface area contributed by atoms with Crippen LogP contribution in [0.1, 0.15) is 78.2 Å². The fourth-order valence-electron chi connectivity index (χ4n) is 6.92. The summed E-state index contributed by atoms with van der Waals surface area (Å²) in [6.45, 7) is 3.54. The molecule has 10 atom stereocenters. The van der Waals surface area contributed by atoms with Crippen LogP contribution >= 0.6 is 8.25 Å². The average molecular weight is 1150 g/mol. The molecule has 0 fully saturated rings. The maximum atomic E-state index is 13.7. The summed E-state index contributed by atoms with van der Waals surface area (Å²) >= 11 is 0. The van der Waals surface area contributed by atoms with E-state index in [2.05, 4.69) is 67.4 Å². The Hall–Kier alpha value is -8.29. The molecule has 0 aliphatic carbocycles. The molecule has 33 nitrogen and oxygen atoms in total. The Labute approximate surface area is 462 Å². The van der Waals surface area contributed by atoms with E-state index in [9.17, 15) is 62.5 Å². The number of hydrogen-bond acceptors (Lipinski definition) is 17. The van der Waals surface area contributed by atoms with Gasteiger partial charge in [0.05, 0.1) is 19.1 Å². The van der Waals surface area contributed by atoms with E-state index in [4.69, 9.17) is 40.1 Å². The molecule has 1 unspecified atom stereocenters. The molecule has 0 aromatic heterocycles. The number of nitrogens with one attached hydrogen (secondary N) is 9. The van der Waals surface area contributed by atoms with Crippen molar-refractivity contribution in [2.75, 3.05) is 39.3 Å². The topological polar surface area (TPSA) is 568 Å². The number of nitrogens with zero attached hydrogens (tertiary/aromatic N) is 3. The van der Waals surface area contributed by atoms with E-state index in [1.807, 2.05) is 0 Å². The van der Waals surface area contributed by atoms with Crippen LogP contribution in [0.4, 0.5) is 0 Å². The van der Waals surface area contributed by atoms with Gasteiger partial charge in [0, 0.05) is 26.1 Å². The molecule has 24 N–H and O–H groups in total. The Bertz CT molecular complexity index is 2350. The van der Waals surface area contributed by atoms with Crippen molar-refractivity contribution in [3.05, 3.63) is 35.9 Å². The quantitative estimate of drug-likeness (QED) is 0.0127. The SMILES string of the molecule is CC[C@H](C)[C@H](NC(=O)[C@H](CO[P+](=O)[O-])NC(=O)CNC(=O)CNC(=O)[C@H](CCCN=C(N)N)NC(=O)[C@H](CCCN=C(N)N)NC(=O)[C@@H](N)CCCN=C(N)N)C(=O)N[C@@H](C)C(=O)N[C@@H](C)C(=O)N[C@@H](Cc1ccccc1)C(=O)O. The lowest BCUT2D eigenvalue weighted by Gasteiger charge is -2.27. The van der Waals surface area contributed by atoms with Gasteiger partial charge in [-0.2, -0.15) is 0 Å². The fourth-order valence-corrected chi connectivity index (χ4v) is 7.19. The van der Waals surface area contributed by atoms with E-state index in [-0.39, 0.29) is 82.5 Å². The number of nitrogens with two attached hydrogens (primary N) is 7. The Balaban J connectivity index is 3.07. The highest BCUT2D eigenvalue weighted by Gasteiger charge is 2.34. The van der Waals surface area contributed by atoms with E-state index in [0.29, 0.717) is 12.0 Å². The Kier molecular flexibility index (Phi) is 32.7. The van der Waals surface area contributed by atoms with Crippen molar-refractivity contribution in [3.8, 4) is 0 Å². The van der Waals surface area contributed by atoms with Crippen LogP contribution < -0.4 is 92.9 Å². The second kappa shape index (κ2) is 37.5. The highest BCUT2D eigenvalue weighted by molar-refractivity contribution is 7.30. The van der Waals surface area contributed by atoms with Gasteiger partial charge in [0.2, 0.25) is 53.2 Å². The standard InChI is InChI=1S/C46H78N19O14P/c1-5-24(2)35(42(74)60-25(3)36(68)59-26(4)37(69)64-31(43(75)76)20-27-12-7-6-8-13-27)65-41(73)32(23-79-80(77)78)61-34(67)22-57-33(66)21-58-39(71)29(15-10-18-55-45(50)51)63-40(72)30(16-11-19-56-46(52)53)62-38(70)28(47)14-9-17-54-44(48)49/h6-8,12-13,24-26,28-32,35H,5,9-11,14-23,47H2,1-4H3,(H,57,66)(H,58,71)(H,59,68)(H,60,74)(H,61,67)(H,62,70)(H,63,72)(H,64,69)(H,65,73)(H,75,76)(H4,48,49,54)(H4,50,51,55)(H4,52,53,56)/t24-,25-,26-,28-,29-,30-,31-,32-,35-/m0/s1. The van der Waals surface area contributed by atoms with Gasteiger partial charge in [-0.25, -0.2) is 4.79 Å². The van der Waals surface area contributed by atoms with Gasteiger partial charge < -0.3 is 98.0 Å². The number of rotatable bonds is 38. The van der Waals surface area contributed by atoms with Crippen LogP contribution in [-0.4, -0.2) is 170 Å². The van der Waals surface area contributed by atoms with Gasteiger partial charge in [-0.15, -0.1) is 4.52 Å². The summed E-state index contributed by atoms with van der Waals surface area (Å²) in [5, 5.41) is 31.2. The zero-order valence-corrected chi connectivity index (χ0v) is 46.0. The van der Waals surface area contributed by atoms with E-state index in [1.165, 1.54) is 13.8 Å². The largest absolute Gasteiger partial charge is 0.566 e. The number of amides is 9. The first-order valence-electron chi connectivity index (χ1n) is 25.3. The van der Waals surface area contributed by atoms with Crippen LogP contribution in [0, 0.1) is 5.92 Å². The highest BCUT2D eigenvalue weighted by Crippen LogP contribution is 2.13. The van der Waals surface area contributed by atoms with Crippen LogP contribution in [0.25, 0.3) is 0 Å². The average Bonchev–Trinajstić information content (AvgIpc) is 3.39. The molecule has 1 aromatic carbocycles. The van der Waals surface area contributed by atoms with Crippen molar-refractivity contribution in [1.82, 2.24) is 47.9 Å². The van der Waals surface area contributed by atoms with Gasteiger partial charge in [-0.1, -0.05) is 50.6 Å². The Morgan fingerprint density at radius 3 is 1.55 bits per heavy atom. The minimum Gasteiger partial charge on any atom is -0.566 e.